The first kappa shape index (κ1) is 23.3. The molecule has 0 amide bonds. The van der Waals surface area contributed by atoms with Crippen LogP contribution < -0.4 is 15.4 Å². The van der Waals surface area contributed by atoms with Gasteiger partial charge < -0.3 is 15.4 Å². The highest BCUT2D eigenvalue weighted by molar-refractivity contribution is 5.44. The second kappa shape index (κ2) is 12.6. The molecule has 0 radical (unpaired) electrons. The van der Waals surface area contributed by atoms with E-state index >= 15 is 0 Å². The smallest absolute Gasteiger partial charge is 0.132 e. The fraction of sp³-hybridized carbons (Fsp3) is 0.333. The Morgan fingerprint density at radius 1 is 1.17 bits per heavy atom. The molecule has 2 unspecified atom stereocenters. The number of hydrogen-bond donors (Lipinski definition) is 2. The van der Waals surface area contributed by atoms with Crippen molar-refractivity contribution in [3.63, 3.8) is 0 Å². The maximum absolute atomic E-state index is 6.04. The van der Waals surface area contributed by atoms with Gasteiger partial charge in [0.15, 0.2) is 0 Å². The van der Waals surface area contributed by atoms with Gasteiger partial charge in [-0.3, -0.25) is 0 Å². The van der Waals surface area contributed by atoms with Gasteiger partial charge in [-0.2, -0.15) is 0 Å². The van der Waals surface area contributed by atoms with Crippen molar-refractivity contribution in [1.82, 2.24) is 10.6 Å². The summed E-state index contributed by atoms with van der Waals surface area (Å²) in [7, 11) is 0. The third-order valence-electron chi connectivity index (χ3n) is 5.17. The summed E-state index contributed by atoms with van der Waals surface area (Å²) in [5.41, 5.74) is 2.19. The lowest BCUT2D eigenvalue weighted by Gasteiger charge is -2.15. The SMILES string of the molecule is C=CCC(/C=C/NC(/C=C\C)=C1/Cc2ccccc2O1)N/C=C/CC(C=C)C(C)C. The molecule has 160 valence electrons. The Kier molecular flexibility index (Phi) is 9.79. The van der Waals surface area contributed by atoms with E-state index in [1.165, 1.54) is 5.56 Å². The molecule has 0 saturated heterocycles. The summed E-state index contributed by atoms with van der Waals surface area (Å²) in [6.07, 6.45) is 19.0. The fourth-order valence-corrected chi connectivity index (χ4v) is 3.32. The summed E-state index contributed by atoms with van der Waals surface area (Å²) in [6.45, 7) is 14.3. The molecular formula is C27H36N2O. The van der Waals surface area contributed by atoms with Crippen LogP contribution >= 0.6 is 0 Å². The van der Waals surface area contributed by atoms with Crippen molar-refractivity contribution in [2.45, 2.75) is 46.1 Å². The monoisotopic (exact) mass is 404 g/mol. The van der Waals surface area contributed by atoms with Crippen LogP contribution in [0.15, 0.2) is 97.7 Å². The Bertz CT molecular complexity index is 787. The van der Waals surface area contributed by atoms with Gasteiger partial charge in [-0.1, -0.05) is 56.4 Å². The summed E-state index contributed by atoms with van der Waals surface area (Å²) in [6, 6.07) is 8.34. The Labute approximate surface area is 182 Å². The van der Waals surface area contributed by atoms with Crippen molar-refractivity contribution in [3.05, 3.63) is 103 Å². The summed E-state index contributed by atoms with van der Waals surface area (Å²) in [4.78, 5) is 0. The molecule has 3 heteroatoms. The molecule has 2 rings (SSSR count). The lowest BCUT2D eigenvalue weighted by Crippen LogP contribution is -2.22. The van der Waals surface area contributed by atoms with Gasteiger partial charge in [-0.25, -0.2) is 0 Å². The van der Waals surface area contributed by atoms with Gasteiger partial charge in [0.1, 0.15) is 11.5 Å². The van der Waals surface area contributed by atoms with Crippen LogP contribution in [0, 0.1) is 11.8 Å². The molecule has 2 N–H and O–H groups in total. The van der Waals surface area contributed by atoms with Gasteiger partial charge in [0.2, 0.25) is 0 Å². The highest BCUT2D eigenvalue weighted by atomic mass is 16.5. The van der Waals surface area contributed by atoms with E-state index in [9.17, 15) is 0 Å². The number of hydrogen-bond acceptors (Lipinski definition) is 3. The van der Waals surface area contributed by atoms with E-state index in [4.69, 9.17) is 4.74 Å². The molecule has 1 aromatic carbocycles. The first-order chi connectivity index (χ1) is 14.6. The van der Waals surface area contributed by atoms with Crippen LogP contribution in [0.1, 0.15) is 39.2 Å². The molecule has 2 atom stereocenters. The zero-order chi connectivity index (χ0) is 21.8. The number of benzene rings is 1. The van der Waals surface area contributed by atoms with Crippen molar-refractivity contribution < 1.29 is 4.74 Å². The van der Waals surface area contributed by atoms with E-state index in [1.54, 1.807) is 0 Å². The fourth-order valence-electron chi connectivity index (χ4n) is 3.32. The summed E-state index contributed by atoms with van der Waals surface area (Å²) >= 11 is 0. The van der Waals surface area contributed by atoms with Crippen LogP contribution in [0.4, 0.5) is 0 Å². The molecule has 1 heterocycles. The highest BCUT2D eigenvalue weighted by Crippen LogP contribution is 2.31. The van der Waals surface area contributed by atoms with E-state index in [2.05, 4.69) is 55.9 Å². The molecule has 1 aromatic rings. The van der Waals surface area contributed by atoms with Crippen LogP contribution in [-0.4, -0.2) is 6.04 Å². The molecule has 0 spiro atoms. The third kappa shape index (κ3) is 7.14. The second-order valence-electron chi connectivity index (χ2n) is 7.81. The van der Waals surface area contributed by atoms with Crippen molar-refractivity contribution in [2.75, 3.05) is 0 Å². The maximum atomic E-state index is 6.04. The van der Waals surface area contributed by atoms with E-state index in [0.29, 0.717) is 11.8 Å². The average molecular weight is 405 g/mol. The normalized spacial score (nSPS) is 17.2. The van der Waals surface area contributed by atoms with Gasteiger partial charge in [0.05, 0.1) is 5.70 Å². The Balaban J connectivity index is 1.97. The molecule has 3 nitrogen and oxygen atoms in total. The van der Waals surface area contributed by atoms with E-state index in [-0.39, 0.29) is 6.04 Å². The minimum Gasteiger partial charge on any atom is -0.459 e. The Morgan fingerprint density at radius 2 is 1.97 bits per heavy atom. The van der Waals surface area contributed by atoms with Crippen LogP contribution in [0.25, 0.3) is 0 Å². The zero-order valence-electron chi connectivity index (χ0n) is 18.6. The van der Waals surface area contributed by atoms with Gasteiger partial charge in [0.25, 0.3) is 0 Å². The number of para-hydroxylation sites is 1. The predicted octanol–water partition coefficient (Wildman–Crippen LogP) is 6.41. The van der Waals surface area contributed by atoms with Crippen LogP contribution in [0.3, 0.4) is 0 Å². The van der Waals surface area contributed by atoms with Gasteiger partial charge in [-0.05, 0) is 62.2 Å². The van der Waals surface area contributed by atoms with E-state index < -0.39 is 0 Å². The number of ether oxygens (including phenoxy) is 1. The molecule has 0 bridgehead atoms. The predicted molar refractivity (Wildman–Crippen MR) is 129 cm³/mol. The van der Waals surface area contributed by atoms with Crippen molar-refractivity contribution in [3.8, 4) is 5.75 Å². The van der Waals surface area contributed by atoms with Crippen LogP contribution in [-0.2, 0) is 6.42 Å². The summed E-state index contributed by atoms with van der Waals surface area (Å²) < 4.78 is 6.04. The topological polar surface area (TPSA) is 33.3 Å². The molecule has 0 saturated carbocycles. The number of allylic oxidation sites excluding steroid dienone is 5. The molecule has 30 heavy (non-hydrogen) atoms. The minimum absolute atomic E-state index is 0.172. The van der Waals surface area contributed by atoms with Crippen molar-refractivity contribution in [1.29, 1.82) is 0 Å². The average Bonchev–Trinajstić information content (AvgIpc) is 3.17. The lowest BCUT2D eigenvalue weighted by molar-refractivity contribution is 0.438. The number of rotatable bonds is 12. The van der Waals surface area contributed by atoms with Gasteiger partial charge in [-0.15, -0.1) is 13.2 Å². The molecule has 1 aliphatic rings. The molecule has 0 fully saturated rings. The van der Waals surface area contributed by atoms with Crippen LogP contribution in [0.2, 0.25) is 0 Å². The maximum Gasteiger partial charge on any atom is 0.132 e. The molecule has 0 aliphatic carbocycles. The summed E-state index contributed by atoms with van der Waals surface area (Å²) in [5, 5.41) is 6.84. The second-order valence-corrected chi connectivity index (χ2v) is 7.81. The Hall–Kier alpha value is -2.94. The Morgan fingerprint density at radius 3 is 2.63 bits per heavy atom. The largest absolute Gasteiger partial charge is 0.459 e. The zero-order valence-corrected chi connectivity index (χ0v) is 18.6. The van der Waals surface area contributed by atoms with Crippen molar-refractivity contribution >= 4 is 0 Å². The van der Waals surface area contributed by atoms with Crippen molar-refractivity contribution in [2.24, 2.45) is 11.8 Å². The van der Waals surface area contributed by atoms with E-state index in [0.717, 1.165) is 36.5 Å². The molecule has 1 aliphatic heterocycles. The van der Waals surface area contributed by atoms with Gasteiger partial charge >= 0.3 is 0 Å². The summed E-state index contributed by atoms with van der Waals surface area (Å²) in [5.74, 6) is 2.98. The first-order valence-corrected chi connectivity index (χ1v) is 10.8. The van der Waals surface area contributed by atoms with Crippen LogP contribution in [0.5, 0.6) is 5.75 Å². The van der Waals surface area contributed by atoms with Gasteiger partial charge in [0, 0.05) is 18.0 Å². The highest BCUT2D eigenvalue weighted by Gasteiger charge is 2.19. The quantitative estimate of drug-likeness (QED) is 0.395. The first-order valence-electron chi connectivity index (χ1n) is 10.8. The number of nitrogens with one attached hydrogen (secondary N) is 2. The minimum atomic E-state index is 0.172. The number of fused-ring (bicyclic) bond motifs is 1. The lowest BCUT2D eigenvalue weighted by atomic mass is 9.93. The van der Waals surface area contributed by atoms with E-state index in [1.807, 2.05) is 61.8 Å². The molecule has 0 aromatic heterocycles. The third-order valence-corrected chi connectivity index (χ3v) is 5.17. The standard InChI is InChI=1S/C27H36N2O/c1-6-12-24(28-18-11-15-22(8-3)21(4)5)17-19-29-25(13-7-2)27-20-23-14-9-10-16-26(23)30-27/h6-11,13-14,16-19,21-22,24,28-29H,1,3,12,15,20H2,2,4-5H3/b13-7-,18-11+,19-17+,27-25-. The molecular weight excluding hydrogens is 368 g/mol.